The number of rotatable bonds is 8. The minimum atomic E-state index is -0.685. The predicted octanol–water partition coefficient (Wildman–Crippen LogP) is 7.13. The molecule has 2 rings (SSSR count). The predicted molar refractivity (Wildman–Crippen MR) is 145 cm³/mol. The van der Waals surface area contributed by atoms with Gasteiger partial charge in [-0.2, -0.15) is 0 Å². The van der Waals surface area contributed by atoms with Crippen LogP contribution >= 0.6 is 15.8 Å². The zero-order valence-corrected chi connectivity index (χ0v) is 24.6. The molecule has 0 amide bonds. The second-order valence-corrected chi connectivity index (χ2v) is 17.2. The Hall–Kier alpha value is -0.278. The fraction of sp³-hybridized carbons (Fsp3) is 0.538. The van der Waals surface area contributed by atoms with Crippen LogP contribution in [0.25, 0.3) is 5.32 Å². The molecule has 0 heterocycles. The summed E-state index contributed by atoms with van der Waals surface area (Å²) in [7, 11) is -1.37. The molecular formula is C26H44NOP2Pd+. The van der Waals surface area contributed by atoms with Gasteiger partial charge in [-0.15, -0.1) is 0 Å². The maximum atomic E-state index is 5.35. The van der Waals surface area contributed by atoms with Crippen LogP contribution in [0, 0.1) is 13.8 Å². The van der Waals surface area contributed by atoms with Crippen LogP contribution in [0.3, 0.4) is 0 Å². The van der Waals surface area contributed by atoms with Gasteiger partial charge >= 0.3 is 0 Å². The third-order valence-corrected chi connectivity index (χ3v) is 12.7. The summed E-state index contributed by atoms with van der Waals surface area (Å²) in [4.78, 5) is 0. The van der Waals surface area contributed by atoms with Crippen molar-refractivity contribution in [1.29, 1.82) is 0 Å². The summed E-state index contributed by atoms with van der Waals surface area (Å²) in [6.07, 6.45) is 0. The van der Waals surface area contributed by atoms with E-state index < -0.39 is 15.8 Å². The first-order valence-corrected chi connectivity index (χ1v) is 14.5. The average Bonchev–Trinajstić information content (AvgIpc) is 2.58. The first kappa shape index (κ1) is 30.7. The van der Waals surface area contributed by atoms with Crippen molar-refractivity contribution >= 4 is 37.8 Å². The maximum absolute atomic E-state index is 5.35. The van der Waals surface area contributed by atoms with Gasteiger partial charge in [-0.1, -0.05) is 35.6 Å². The molecule has 0 radical (unpaired) electrons. The van der Waals surface area contributed by atoms with E-state index >= 15 is 0 Å². The van der Waals surface area contributed by atoms with Crippen molar-refractivity contribution in [3.63, 3.8) is 0 Å². The first-order valence-electron chi connectivity index (χ1n) is 11.2. The van der Waals surface area contributed by atoms with Crippen LogP contribution in [0.1, 0.15) is 66.5 Å². The van der Waals surface area contributed by atoms with E-state index in [1.165, 1.54) is 33.1 Å². The molecule has 0 aliphatic carbocycles. The molecule has 2 aromatic carbocycles. The van der Waals surface area contributed by atoms with Crippen molar-refractivity contribution in [2.24, 2.45) is 0 Å². The topological polar surface area (TPSA) is 45.6 Å². The van der Waals surface area contributed by atoms with E-state index in [9.17, 15) is 0 Å². The van der Waals surface area contributed by atoms with E-state index in [4.69, 9.17) is 5.32 Å². The molecule has 0 saturated heterocycles. The Balaban J connectivity index is 0.00000450. The summed E-state index contributed by atoms with van der Waals surface area (Å²) in [5.41, 5.74) is 7.87. The van der Waals surface area contributed by atoms with Crippen molar-refractivity contribution in [2.75, 3.05) is 0 Å². The number of hydrogen-bond donors (Lipinski definition) is 0. The van der Waals surface area contributed by atoms with Crippen molar-refractivity contribution in [1.82, 2.24) is 0 Å². The molecule has 0 saturated carbocycles. The molecule has 31 heavy (non-hydrogen) atoms. The van der Waals surface area contributed by atoms with Crippen molar-refractivity contribution in [2.45, 2.75) is 91.9 Å². The summed E-state index contributed by atoms with van der Waals surface area (Å²) in [6.45, 7) is 23.5. The Morgan fingerprint density at radius 1 is 0.581 bits per heavy atom. The SMILES string of the molecule is Cc1ccc([N-]c2ccc(C)cc2[PH+](C(C)C)C(C)C)c([PH+](C(C)C)C(C)C)c1.O.[Pd]. The van der Waals surface area contributed by atoms with Gasteiger partial charge in [0.2, 0.25) is 0 Å². The van der Waals surface area contributed by atoms with E-state index in [1.807, 2.05) is 0 Å². The van der Waals surface area contributed by atoms with Gasteiger partial charge in [-0.25, -0.2) is 0 Å². The first-order chi connectivity index (χ1) is 13.5. The normalized spacial score (nSPS) is 11.5. The van der Waals surface area contributed by atoms with Crippen LogP contribution in [0.5, 0.6) is 0 Å². The Morgan fingerprint density at radius 3 is 1.13 bits per heavy atom. The third-order valence-electron chi connectivity index (χ3n) is 5.66. The Labute approximate surface area is 207 Å². The van der Waals surface area contributed by atoms with Gasteiger partial charge in [0.15, 0.2) is 0 Å². The second kappa shape index (κ2) is 13.4. The molecule has 178 valence electrons. The van der Waals surface area contributed by atoms with Gasteiger partial charge in [-0.3, -0.25) is 0 Å². The van der Waals surface area contributed by atoms with E-state index in [0.29, 0.717) is 22.6 Å². The van der Waals surface area contributed by atoms with Crippen LogP contribution in [0.2, 0.25) is 0 Å². The molecule has 5 heteroatoms. The van der Waals surface area contributed by atoms with Crippen molar-refractivity contribution < 1.29 is 25.9 Å². The summed E-state index contributed by atoms with van der Waals surface area (Å²) in [5, 5.41) is 8.36. The molecule has 2 aromatic rings. The largest absolute Gasteiger partial charge is 0.651 e. The number of benzene rings is 2. The molecule has 0 aromatic heterocycles. The standard InChI is InChI=1S/C26H40NP2.H2O.Pd/c1-17(2)28(18(3)4)25-15-21(9)11-13-23(25)27-24-14-12-22(10)16-26(24)29(19(5)6)20(7)8;;/h11-20H,1-10H3;1H2;/q-1;;/p+2. The van der Waals surface area contributed by atoms with Gasteiger partial charge < -0.3 is 10.8 Å². The molecular weight excluding hydrogens is 511 g/mol. The third kappa shape index (κ3) is 7.91. The maximum Gasteiger partial charge on any atom is 0.0777 e. The zero-order valence-electron chi connectivity index (χ0n) is 21.0. The van der Waals surface area contributed by atoms with Crippen LogP contribution in [0.15, 0.2) is 36.4 Å². The minimum Gasteiger partial charge on any atom is -0.651 e. The summed E-state index contributed by atoms with van der Waals surface area (Å²) < 4.78 is 0. The molecule has 2 nitrogen and oxygen atoms in total. The number of hydrogen-bond acceptors (Lipinski definition) is 0. The number of aryl methyl sites for hydroxylation is 2. The summed E-state index contributed by atoms with van der Waals surface area (Å²) >= 11 is 0. The van der Waals surface area contributed by atoms with Crippen LogP contribution in [-0.2, 0) is 20.4 Å². The Bertz CT molecular complexity index is 738. The smallest absolute Gasteiger partial charge is 0.0777 e. The monoisotopic (exact) mass is 554 g/mol. The van der Waals surface area contributed by atoms with Gasteiger partial charge in [0.1, 0.15) is 0 Å². The van der Waals surface area contributed by atoms with Crippen LogP contribution in [0.4, 0.5) is 11.4 Å². The van der Waals surface area contributed by atoms with Crippen molar-refractivity contribution in [3.05, 3.63) is 52.8 Å². The van der Waals surface area contributed by atoms with Gasteiger partial charge in [0, 0.05) is 36.3 Å². The molecule has 0 fully saturated rings. The van der Waals surface area contributed by atoms with E-state index in [0.717, 1.165) is 0 Å². The van der Waals surface area contributed by atoms with E-state index in [2.05, 4.69) is 106 Å². The minimum absolute atomic E-state index is 0. The Kier molecular flexibility index (Phi) is 13.3. The summed E-state index contributed by atoms with van der Waals surface area (Å²) in [5.74, 6) is 0. The van der Waals surface area contributed by atoms with Gasteiger partial charge in [0.25, 0.3) is 0 Å². The van der Waals surface area contributed by atoms with E-state index in [1.54, 1.807) is 0 Å². The van der Waals surface area contributed by atoms with E-state index in [-0.39, 0.29) is 25.9 Å². The molecule has 0 atom stereocenters. The molecule has 2 N–H and O–H groups in total. The summed E-state index contributed by atoms with van der Waals surface area (Å²) in [6, 6.07) is 13.8. The fourth-order valence-electron chi connectivity index (χ4n) is 4.66. The molecule has 0 unspecified atom stereocenters. The second-order valence-electron chi connectivity index (χ2n) is 9.68. The molecule has 0 aliphatic rings. The van der Waals surface area contributed by atoms with Crippen LogP contribution in [-0.4, -0.2) is 28.1 Å². The fourth-order valence-corrected chi connectivity index (χ4v) is 11.5. The van der Waals surface area contributed by atoms with Crippen LogP contribution < -0.4 is 10.6 Å². The Morgan fingerprint density at radius 2 is 0.871 bits per heavy atom. The van der Waals surface area contributed by atoms with Crippen molar-refractivity contribution in [3.8, 4) is 0 Å². The number of nitrogens with zero attached hydrogens (tertiary/aromatic N) is 1. The van der Waals surface area contributed by atoms with Gasteiger partial charge in [0.05, 0.1) is 33.2 Å². The molecule has 0 bridgehead atoms. The molecule has 0 spiro atoms. The average molecular weight is 555 g/mol. The quantitative estimate of drug-likeness (QED) is 0.246. The molecule has 0 aliphatic heterocycles. The van der Waals surface area contributed by atoms with Gasteiger partial charge in [-0.05, 0) is 92.5 Å². The zero-order chi connectivity index (χ0) is 21.9.